The number of carbonyl (C=O) groups excluding carboxylic acids is 2. The number of methoxy groups -OCH3 is 1. The number of carbonyl (C=O) groups is 2. The van der Waals surface area contributed by atoms with Gasteiger partial charge in [-0.2, -0.15) is 0 Å². The molecule has 2 heterocycles. The van der Waals surface area contributed by atoms with Crippen LogP contribution < -0.4 is 14.8 Å². The number of ether oxygens (including phenoxy) is 2. The summed E-state index contributed by atoms with van der Waals surface area (Å²) in [6, 6.07) is 26.6. The molecule has 1 aliphatic heterocycles. The molecule has 2 amide bonds. The predicted molar refractivity (Wildman–Crippen MR) is 147 cm³/mol. The number of benzene rings is 3. The van der Waals surface area contributed by atoms with E-state index in [4.69, 9.17) is 13.9 Å². The first-order chi connectivity index (χ1) is 19.1. The molecule has 39 heavy (non-hydrogen) atoms. The Labute approximate surface area is 227 Å². The third-order valence-corrected chi connectivity index (χ3v) is 7.29. The van der Waals surface area contributed by atoms with Gasteiger partial charge in [-0.15, -0.1) is 0 Å². The molecule has 1 aromatic heterocycles. The normalized spacial score (nSPS) is 16.3. The van der Waals surface area contributed by atoms with Gasteiger partial charge in [-0.1, -0.05) is 36.4 Å². The zero-order chi connectivity index (χ0) is 26.8. The highest BCUT2D eigenvalue weighted by atomic mass is 16.5. The summed E-state index contributed by atoms with van der Waals surface area (Å²) in [5, 5.41) is 2.82. The quantitative estimate of drug-likeness (QED) is 0.307. The van der Waals surface area contributed by atoms with Crippen molar-refractivity contribution in [3.05, 3.63) is 113 Å². The number of fused-ring (bicyclic) bond motifs is 1. The van der Waals surface area contributed by atoms with E-state index < -0.39 is 0 Å². The Balaban J connectivity index is 1.16. The lowest BCUT2D eigenvalue weighted by Gasteiger charge is -2.38. The SMILES string of the molecule is COc1ccc(NC(=O)c2ccc(COc3ccc4c(c3)C(c3ccccc3)N(C(=O)C3CC3)CC4)o2)cc1. The van der Waals surface area contributed by atoms with Crippen LogP contribution in [0.4, 0.5) is 5.69 Å². The van der Waals surface area contributed by atoms with Gasteiger partial charge in [0, 0.05) is 18.2 Å². The average molecular weight is 523 g/mol. The van der Waals surface area contributed by atoms with E-state index in [0.29, 0.717) is 22.9 Å². The maximum absolute atomic E-state index is 13.2. The number of anilines is 1. The zero-order valence-corrected chi connectivity index (χ0v) is 21.8. The number of nitrogens with zero attached hydrogens (tertiary/aromatic N) is 1. The Morgan fingerprint density at radius 3 is 2.46 bits per heavy atom. The molecule has 1 N–H and O–H groups in total. The number of hydrogen-bond acceptors (Lipinski definition) is 5. The van der Waals surface area contributed by atoms with E-state index in [1.165, 1.54) is 5.56 Å². The van der Waals surface area contributed by atoms with Crippen molar-refractivity contribution in [1.82, 2.24) is 4.90 Å². The van der Waals surface area contributed by atoms with Crippen LogP contribution in [0.2, 0.25) is 0 Å². The van der Waals surface area contributed by atoms with Crippen LogP contribution in [0.15, 0.2) is 89.3 Å². The van der Waals surface area contributed by atoms with Gasteiger partial charge in [0.05, 0.1) is 13.2 Å². The largest absolute Gasteiger partial charge is 0.497 e. The monoisotopic (exact) mass is 522 g/mol. The van der Waals surface area contributed by atoms with Gasteiger partial charge in [0.15, 0.2) is 5.76 Å². The van der Waals surface area contributed by atoms with Crippen LogP contribution >= 0.6 is 0 Å². The number of furan rings is 1. The highest BCUT2D eigenvalue weighted by molar-refractivity contribution is 6.02. The van der Waals surface area contributed by atoms with Gasteiger partial charge in [0.1, 0.15) is 23.9 Å². The molecule has 7 nitrogen and oxygen atoms in total. The minimum Gasteiger partial charge on any atom is -0.497 e. The lowest BCUT2D eigenvalue weighted by atomic mass is 9.87. The fourth-order valence-corrected chi connectivity index (χ4v) is 5.08. The van der Waals surface area contributed by atoms with E-state index in [1.807, 2.05) is 35.2 Å². The van der Waals surface area contributed by atoms with Gasteiger partial charge in [-0.3, -0.25) is 9.59 Å². The van der Waals surface area contributed by atoms with Crippen LogP contribution in [0.3, 0.4) is 0 Å². The molecule has 0 radical (unpaired) electrons. The number of rotatable bonds is 8. The molecule has 198 valence electrons. The van der Waals surface area contributed by atoms with Gasteiger partial charge in [-0.25, -0.2) is 0 Å². The fourth-order valence-electron chi connectivity index (χ4n) is 5.08. The van der Waals surface area contributed by atoms with Crippen molar-refractivity contribution in [3.63, 3.8) is 0 Å². The Kier molecular flexibility index (Phi) is 6.80. The molecule has 1 saturated carbocycles. The molecule has 1 atom stereocenters. The molecule has 3 aromatic carbocycles. The Morgan fingerprint density at radius 2 is 1.72 bits per heavy atom. The molecule has 4 aromatic rings. The summed E-state index contributed by atoms with van der Waals surface area (Å²) < 4.78 is 17.0. The van der Waals surface area contributed by atoms with Gasteiger partial charge in [-0.05, 0) is 84.5 Å². The lowest BCUT2D eigenvalue weighted by Crippen LogP contribution is -2.41. The third-order valence-electron chi connectivity index (χ3n) is 7.29. The van der Waals surface area contributed by atoms with Crippen molar-refractivity contribution < 1.29 is 23.5 Å². The minimum atomic E-state index is -0.341. The molecule has 1 aliphatic carbocycles. The molecule has 2 aliphatic rings. The second-order valence-electron chi connectivity index (χ2n) is 9.97. The van der Waals surface area contributed by atoms with E-state index >= 15 is 0 Å². The molecule has 1 fully saturated rings. The molecule has 0 saturated heterocycles. The maximum Gasteiger partial charge on any atom is 0.291 e. The highest BCUT2D eigenvalue weighted by Crippen LogP contribution is 2.41. The van der Waals surface area contributed by atoms with Crippen LogP contribution in [-0.4, -0.2) is 30.4 Å². The van der Waals surface area contributed by atoms with Crippen LogP contribution in [0, 0.1) is 5.92 Å². The third kappa shape index (κ3) is 5.39. The minimum absolute atomic E-state index is 0.136. The van der Waals surface area contributed by atoms with Crippen molar-refractivity contribution in [2.75, 3.05) is 19.0 Å². The second kappa shape index (κ2) is 10.7. The van der Waals surface area contributed by atoms with Crippen molar-refractivity contribution >= 4 is 17.5 Å². The van der Waals surface area contributed by atoms with Crippen molar-refractivity contribution in [2.45, 2.75) is 31.9 Å². The van der Waals surface area contributed by atoms with Crippen LogP contribution in [0.25, 0.3) is 0 Å². The van der Waals surface area contributed by atoms with E-state index in [9.17, 15) is 9.59 Å². The standard InChI is InChI=1S/C32H30N2O5/c1-37-25-13-10-24(11-14-25)33-31(35)29-16-15-27(39-29)20-38-26-12-9-21-17-18-34(32(36)23-7-8-23)30(28(21)19-26)22-5-3-2-4-6-22/h2-6,9-16,19,23,30H,7-8,17-18,20H2,1H3,(H,33,35). The molecule has 7 heteroatoms. The first-order valence-electron chi connectivity index (χ1n) is 13.2. The second-order valence-corrected chi connectivity index (χ2v) is 9.97. The summed E-state index contributed by atoms with van der Waals surface area (Å²) in [4.78, 5) is 27.9. The molecule has 6 rings (SSSR count). The summed E-state index contributed by atoms with van der Waals surface area (Å²) in [7, 11) is 1.59. The van der Waals surface area contributed by atoms with Gasteiger partial charge < -0.3 is 24.1 Å². The molecule has 0 bridgehead atoms. The number of amides is 2. The summed E-state index contributed by atoms with van der Waals surface area (Å²) in [5.41, 5.74) is 4.07. The van der Waals surface area contributed by atoms with E-state index in [0.717, 1.165) is 36.9 Å². The van der Waals surface area contributed by atoms with Gasteiger partial charge in [0.2, 0.25) is 5.91 Å². The van der Waals surface area contributed by atoms with Crippen molar-refractivity contribution in [1.29, 1.82) is 0 Å². The number of hydrogen-bond donors (Lipinski definition) is 1. The lowest BCUT2D eigenvalue weighted by molar-refractivity contribution is -0.134. The van der Waals surface area contributed by atoms with Crippen molar-refractivity contribution in [2.24, 2.45) is 5.92 Å². The Hall–Kier alpha value is -4.52. The average Bonchev–Trinajstić information content (AvgIpc) is 3.72. The van der Waals surface area contributed by atoms with Gasteiger partial charge in [0.25, 0.3) is 5.91 Å². The summed E-state index contributed by atoms with van der Waals surface area (Å²) in [5.74, 6) is 2.21. The molecule has 0 spiro atoms. The predicted octanol–water partition coefficient (Wildman–Crippen LogP) is 6.00. The first-order valence-corrected chi connectivity index (χ1v) is 13.2. The van der Waals surface area contributed by atoms with Crippen LogP contribution in [0.1, 0.15) is 51.9 Å². The highest BCUT2D eigenvalue weighted by Gasteiger charge is 2.39. The van der Waals surface area contributed by atoms with E-state index in [-0.39, 0.29) is 36.1 Å². The summed E-state index contributed by atoms with van der Waals surface area (Å²) >= 11 is 0. The molecular weight excluding hydrogens is 492 g/mol. The summed E-state index contributed by atoms with van der Waals surface area (Å²) in [6.45, 7) is 0.894. The Bertz CT molecular complexity index is 1470. The topological polar surface area (TPSA) is 81.0 Å². The van der Waals surface area contributed by atoms with E-state index in [2.05, 4.69) is 23.5 Å². The van der Waals surface area contributed by atoms with Crippen LogP contribution in [-0.2, 0) is 17.8 Å². The smallest absolute Gasteiger partial charge is 0.291 e. The molecular formula is C32H30N2O5. The number of nitrogens with one attached hydrogen (secondary N) is 1. The summed E-state index contributed by atoms with van der Waals surface area (Å²) in [6.07, 6.45) is 2.79. The van der Waals surface area contributed by atoms with Gasteiger partial charge >= 0.3 is 0 Å². The van der Waals surface area contributed by atoms with E-state index in [1.54, 1.807) is 43.5 Å². The molecule has 1 unspecified atom stereocenters. The first kappa shape index (κ1) is 24.8. The van der Waals surface area contributed by atoms with Crippen molar-refractivity contribution in [3.8, 4) is 11.5 Å². The zero-order valence-electron chi connectivity index (χ0n) is 21.8. The van der Waals surface area contributed by atoms with Crippen LogP contribution in [0.5, 0.6) is 11.5 Å². The Morgan fingerprint density at radius 1 is 0.949 bits per heavy atom. The fraction of sp³-hybridized carbons (Fsp3) is 0.250. The maximum atomic E-state index is 13.2.